The monoisotopic (exact) mass is 349 g/mol. The van der Waals surface area contributed by atoms with Gasteiger partial charge in [0.15, 0.2) is 0 Å². The van der Waals surface area contributed by atoms with E-state index in [9.17, 15) is 4.39 Å². The van der Waals surface area contributed by atoms with Crippen molar-refractivity contribution < 1.29 is 4.39 Å². The van der Waals surface area contributed by atoms with Crippen LogP contribution in [0.2, 0.25) is 0 Å². The van der Waals surface area contributed by atoms with Gasteiger partial charge < -0.3 is 4.57 Å². The second-order valence-electron chi connectivity index (χ2n) is 7.15. The topological polar surface area (TPSA) is 4.93 Å². The van der Waals surface area contributed by atoms with Crippen molar-refractivity contribution in [1.29, 1.82) is 0 Å². The molecule has 0 amide bonds. The van der Waals surface area contributed by atoms with Crippen molar-refractivity contribution in [3.05, 3.63) is 66.1 Å². The number of para-hydroxylation sites is 1. The molecule has 0 saturated heterocycles. The van der Waals surface area contributed by atoms with E-state index >= 15 is 0 Å². The summed E-state index contributed by atoms with van der Waals surface area (Å²) in [5.41, 5.74) is 4.70. The maximum atomic E-state index is 13.5. The maximum Gasteiger partial charge on any atom is 0.123 e. The van der Waals surface area contributed by atoms with Crippen molar-refractivity contribution in [2.45, 2.75) is 52.5 Å². The van der Waals surface area contributed by atoms with E-state index in [2.05, 4.69) is 61.8 Å². The zero-order chi connectivity index (χ0) is 18.5. The number of benzene rings is 2. The molecule has 136 valence electrons. The molecule has 3 aromatic rings. The molecule has 0 radical (unpaired) electrons. The van der Waals surface area contributed by atoms with Crippen LogP contribution >= 0.6 is 0 Å². The van der Waals surface area contributed by atoms with Crippen LogP contribution in [0.15, 0.2) is 54.6 Å². The second kappa shape index (κ2) is 8.35. The number of unbranched alkanes of at least 4 members (excludes halogenated alkanes) is 3. The third-order valence-corrected chi connectivity index (χ3v) is 4.85. The molecule has 1 aromatic heterocycles. The number of halogens is 1. The van der Waals surface area contributed by atoms with Crippen LogP contribution in [0.3, 0.4) is 0 Å². The number of nitrogens with zero attached hydrogens (tertiary/aromatic N) is 1. The summed E-state index contributed by atoms with van der Waals surface area (Å²) in [7, 11) is 0. The number of allylic oxidation sites excluding steroid dienone is 1. The van der Waals surface area contributed by atoms with E-state index in [-0.39, 0.29) is 5.82 Å². The largest absolute Gasteiger partial charge is 0.338 e. The fraction of sp³-hybridized carbons (Fsp3) is 0.333. The van der Waals surface area contributed by atoms with Crippen LogP contribution in [0.1, 0.15) is 58.2 Å². The fourth-order valence-electron chi connectivity index (χ4n) is 3.63. The van der Waals surface area contributed by atoms with Crippen LogP contribution in [0.5, 0.6) is 0 Å². The van der Waals surface area contributed by atoms with Gasteiger partial charge in [0, 0.05) is 28.2 Å². The number of fused-ring (bicyclic) bond motifs is 1. The Hall–Kier alpha value is -2.35. The summed E-state index contributed by atoms with van der Waals surface area (Å²) in [6.07, 6.45) is 9.37. The smallest absolute Gasteiger partial charge is 0.123 e. The molecule has 0 N–H and O–H groups in total. The van der Waals surface area contributed by atoms with Gasteiger partial charge in [-0.1, -0.05) is 56.2 Å². The predicted octanol–water partition coefficient (Wildman–Crippen LogP) is 7.62. The van der Waals surface area contributed by atoms with Gasteiger partial charge in [0.05, 0.1) is 0 Å². The molecule has 1 heterocycles. The quantitative estimate of drug-likeness (QED) is 0.387. The lowest BCUT2D eigenvalue weighted by Gasteiger charge is -2.13. The summed E-state index contributed by atoms with van der Waals surface area (Å²) >= 11 is 0. The first kappa shape index (κ1) is 18.4. The highest BCUT2D eigenvalue weighted by Crippen LogP contribution is 2.37. The van der Waals surface area contributed by atoms with Gasteiger partial charge in [-0.3, -0.25) is 0 Å². The number of hydrogen-bond donors (Lipinski definition) is 0. The van der Waals surface area contributed by atoms with Gasteiger partial charge in [-0.05, 0) is 56.5 Å². The molecule has 0 fully saturated rings. The van der Waals surface area contributed by atoms with Crippen molar-refractivity contribution in [3.8, 4) is 11.1 Å². The molecule has 26 heavy (non-hydrogen) atoms. The lowest BCUT2D eigenvalue weighted by atomic mass is 10.0. The van der Waals surface area contributed by atoms with Crippen LogP contribution in [0.25, 0.3) is 28.1 Å². The third kappa shape index (κ3) is 3.75. The average Bonchev–Trinajstić information content (AvgIpc) is 2.96. The molecule has 0 spiro atoms. The van der Waals surface area contributed by atoms with E-state index in [0.717, 1.165) is 12.0 Å². The molecule has 2 heteroatoms. The normalized spacial score (nSPS) is 11.9. The molecule has 2 aromatic carbocycles. The Labute approximate surface area is 156 Å². The lowest BCUT2D eigenvalue weighted by Crippen LogP contribution is -2.02. The average molecular weight is 349 g/mol. The summed E-state index contributed by atoms with van der Waals surface area (Å²) in [5.74, 6) is -0.196. The zero-order valence-electron chi connectivity index (χ0n) is 16.0. The minimum Gasteiger partial charge on any atom is -0.338 e. The van der Waals surface area contributed by atoms with Gasteiger partial charge in [0.25, 0.3) is 0 Å². The van der Waals surface area contributed by atoms with E-state index in [1.165, 1.54) is 41.4 Å². The van der Waals surface area contributed by atoms with Crippen LogP contribution in [0, 0.1) is 5.82 Å². The van der Waals surface area contributed by atoms with E-state index in [4.69, 9.17) is 0 Å². The Morgan fingerprint density at radius 2 is 1.73 bits per heavy atom. The zero-order valence-corrected chi connectivity index (χ0v) is 16.0. The van der Waals surface area contributed by atoms with Crippen LogP contribution in [0.4, 0.5) is 4.39 Å². The Kier molecular flexibility index (Phi) is 5.92. The van der Waals surface area contributed by atoms with E-state index in [1.54, 1.807) is 12.1 Å². The molecule has 0 aliphatic heterocycles. The molecule has 0 saturated carbocycles. The van der Waals surface area contributed by atoms with E-state index < -0.39 is 0 Å². The Bertz CT molecular complexity index is 884. The summed E-state index contributed by atoms with van der Waals surface area (Å²) < 4.78 is 15.8. The Morgan fingerprint density at radius 3 is 2.42 bits per heavy atom. The van der Waals surface area contributed by atoms with Gasteiger partial charge in [-0.15, -0.1) is 0 Å². The van der Waals surface area contributed by atoms with Gasteiger partial charge in [0.2, 0.25) is 0 Å². The van der Waals surface area contributed by atoms with Gasteiger partial charge in [-0.25, -0.2) is 4.39 Å². The van der Waals surface area contributed by atoms with E-state index in [1.807, 2.05) is 12.1 Å². The molecule has 0 bridgehead atoms. The van der Waals surface area contributed by atoms with Crippen molar-refractivity contribution in [2.75, 3.05) is 0 Å². The molecule has 3 rings (SSSR count). The van der Waals surface area contributed by atoms with Crippen molar-refractivity contribution in [2.24, 2.45) is 0 Å². The van der Waals surface area contributed by atoms with Crippen LogP contribution in [-0.4, -0.2) is 4.57 Å². The van der Waals surface area contributed by atoms with Crippen molar-refractivity contribution >= 4 is 17.0 Å². The third-order valence-electron chi connectivity index (χ3n) is 4.85. The highest BCUT2D eigenvalue weighted by molar-refractivity contribution is 6.00. The minimum absolute atomic E-state index is 0.196. The Balaban J connectivity index is 2.16. The molecular weight excluding hydrogens is 321 g/mol. The maximum absolute atomic E-state index is 13.5. The Morgan fingerprint density at radius 1 is 1.00 bits per heavy atom. The SMILES string of the molecule is CCCCC/C=C/c1c(-c2ccc(F)cc2)c2ccccc2n1C(C)C. The van der Waals surface area contributed by atoms with Crippen molar-refractivity contribution in [1.82, 2.24) is 4.57 Å². The summed E-state index contributed by atoms with van der Waals surface area (Å²) in [4.78, 5) is 0. The number of aromatic nitrogens is 1. The molecule has 0 atom stereocenters. The van der Waals surface area contributed by atoms with Crippen LogP contribution < -0.4 is 0 Å². The second-order valence-corrected chi connectivity index (χ2v) is 7.15. The van der Waals surface area contributed by atoms with Gasteiger partial charge >= 0.3 is 0 Å². The standard InChI is InChI=1S/C24H28FN/c1-4-5-6-7-8-13-23-24(19-14-16-20(25)17-15-19)21-11-9-10-12-22(21)26(23)18(2)3/h8-18H,4-7H2,1-3H3/b13-8+. The highest BCUT2D eigenvalue weighted by Gasteiger charge is 2.18. The molecule has 0 aliphatic carbocycles. The van der Waals surface area contributed by atoms with Gasteiger partial charge in [0.1, 0.15) is 5.82 Å². The van der Waals surface area contributed by atoms with Crippen LogP contribution in [-0.2, 0) is 0 Å². The first-order valence-corrected chi connectivity index (χ1v) is 9.69. The lowest BCUT2D eigenvalue weighted by molar-refractivity contribution is 0.618. The van der Waals surface area contributed by atoms with Crippen molar-refractivity contribution in [3.63, 3.8) is 0 Å². The molecule has 0 unspecified atom stereocenters. The molecular formula is C24H28FN. The number of rotatable bonds is 7. The summed E-state index contributed by atoms with van der Waals surface area (Å²) in [5, 5.41) is 1.22. The highest BCUT2D eigenvalue weighted by atomic mass is 19.1. The summed E-state index contributed by atoms with van der Waals surface area (Å²) in [6, 6.07) is 15.7. The first-order chi connectivity index (χ1) is 12.6. The van der Waals surface area contributed by atoms with Gasteiger partial charge in [-0.2, -0.15) is 0 Å². The molecule has 1 nitrogen and oxygen atoms in total. The fourth-order valence-corrected chi connectivity index (χ4v) is 3.63. The minimum atomic E-state index is -0.196. The predicted molar refractivity (Wildman–Crippen MR) is 111 cm³/mol. The number of hydrogen-bond acceptors (Lipinski definition) is 0. The first-order valence-electron chi connectivity index (χ1n) is 9.69. The molecule has 0 aliphatic rings. The van der Waals surface area contributed by atoms with E-state index in [0.29, 0.717) is 6.04 Å². The summed E-state index contributed by atoms with van der Waals surface area (Å²) in [6.45, 7) is 6.66.